The summed E-state index contributed by atoms with van der Waals surface area (Å²) in [7, 11) is 0. The SMILES string of the molecule is O/N=C/CCN1CCOCC1. The van der Waals surface area contributed by atoms with Crippen molar-refractivity contribution in [3.63, 3.8) is 0 Å². The van der Waals surface area contributed by atoms with Gasteiger partial charge in [0, 0.05) is 25.8 Å². The highest BCUT2D eigenvalue weighted by Crippen LogP contribution is 1.96. The van der Waals surface area contributed by atoms with Gasteiger partial charge >= 0.3 is 0 Å². The molecule has 0 unspecified atom stereocenters. The van der Waals surface area contributed by atoms with Gasteiger partial charge in [0.05, 0.1) is 13.2 Å². The van der Waals surface area contributed by atoms with Crippen molar-refractivity contribution in [3.05, 3.63) is 0 Å². The van der Waals surface area contributed by atoms with E-state index in [0.29, 0.717) is 0 Å². The molecule has 1 rings (SSSR count). The number of oxime groups is 1. The van der Waals surface area contributed by atoms with E-state index in [1.165, 1.54) is 6.21 Å². The molecule has 1 aliphatic rings. The van der Waals surface area contributed by atoms with Gasteiger partial charge in [-0.05, 0) is 6.42 Å². The van der Waals surface area contributed by atoms with Crippen LogP contribution in [0.1, 0.15) is 6.42 Å². The molecule has 0 aliphatic carbocycles. The van der Waals surface area contributed by atoms with Crippen molar-refractivity contribution in [2.45, 2.75) is 6.42 Å². The van der Waals surface area contributed by atoms with Crippen molar-refractivity contribution >= 4 is 6.21 Å². The van der Waals surface area contributed by atoms with Crippen molar-refractivity contribution in [1.29, 1.82) is 0 Å². The Morgan fingerprint density at radius 2 is 2.18 bits per heavy atom. The summed E-state index contributed by atoms with van der Waals surface area (Å²) in [5, 5.41) is 11.1. The zero-order valence-electron chi connectivity index (χ0n) is 6.57. The molecular formula is C7H14N2O2. The van der Waals surface area contributed by atoms with Gasteiger partial charge in [0.1, 0.15) is 0 Å². The lowest BCUT2D eigenvalue weighted by molar-refractivity contribution is 0.0392. The molecule has 0 saturated carbocycles. The third-order valence-corrected chi connectivity index (χ3v) is 1.76. The van der Waals surface area contributed by atoms with E-state index in [0.717, 1.165) is 39.3 Å². The summed E-state index contributed by atoms with van der Waals surface area (Å²) in [6.07, 6.45) is 2.34. The van der Waals surface area contributed by atoms with Crippen LogP contribution in [0.4, 0.5) is 0 Å². The Morgan fingerprint density at radius 3 is 2.82 bits per heavy atom. The fourth-order valence-corrected chi connectivity index (χ4v) is 1.12. The minimum absolute atomic E-state index is 0.816. The molecule has 1 aliphatic heterocycles. The summed E-state index contributed by atoms with van der Waals surface area (Å²) in [6, 6.07) is 0. The summed E-state index contributed by atoms with van der Waals surface area (Å²) in [4.78, 5) is 2.30. The van der Waals surface area contributed by atoms with Gasteiger partial charge in [-0.25, -0.2) is 0 Å². The Hall–Kier alpha value is -0.610. The van der Waals surface area contributed by atoms with Crippen molar-refractivity contribution in [2.75, 3.05) is 32.8 Å². The minimum Gasteiger partial charge on any atom is -0.411 e. The Morgan fingerprint density at radius 1 is 1.45 bits per heavy atom. The summed E-state index contributed by atoms with van der Waals surface area (Å²) in [5.74, 6) is 0. The van der Waals surface area contributed by atoms with Crippen LogP contribution in [-0.2, 0) is 4.74 Å². The number of morpholine rings is 1. The lowest BCUT2D eigenvalue weighted by Crippen LogP contribution is -2.36. The Labute approximate surface area is 66.4 Å². The average molecular weight is 158 g/mol. The van der Waals surface area contributed by atoms with Gasteiger partial charge in [-0.15, -0.1) is 5.16 Å². The summed E-state index contributed by atoms with van der Waals surface area (Å²) < 4.78 is 5.18. The van der Waals surface area contributed by atoms with Crippen LogP contribution in [0, 0.1) is 0 Å². The maximum Gasteiger partial charge on any atom is 0.0594 e. The lowest BCUT2D eigenvalue weighted by atomic mass is 10.3. The van der Waals surface area contributed by atoms with Crippen LogP contribution in [-0.4, -0.2) is 49.2 Å². The Kier molecular flexibility index (Phi) is 3.93. The van der Waals surface area contributed by atoms with Gasteiger partial charge in [-0.2, -0.15) is 0 Å². The molecule has 4 nitrogen and oxygen atoms in total. The van der Waals surface area contributed by atoms with E-state index in [1.807, 2.05) is 0 Å². The highest BCUT2D eigenvalue weighted by atomic mass is 16.5. The molecule has 0 aromatic carbocycles. The normalized spacial score (nSPS) is 21.1. The van der Waals surface area contributed by atoms with Crippen LogP contribution < -0.4 is 0 Å². The first-order valence-electron chi connectivity index (χ1n) is 3.89. The van der Waals surface area contributed by atoms with Gasteiger partial charge < -0.3 is 9.94 Å². The number of hydrogen-bond donors (Lipinski definition) is 1. The largest absolute Gasteiger partial charge is 0.411 e. The van der Waals surface area contributed by atoms with Crippen LogP contribution in [0.25, 0.3) is 0 Å². The smallest absolute Gasteiger partial charge is 0.0594 e. The molecule has 0 bridgehead atoms. The average Bonchev–Trinajstić information content (AvgIpc) is 2.07. The summed E-state index contributed by atoms with van der Waals surface area (Å²) >= 11 is 0. The molecule has 64 valence electrons. The van der Waals surface area contributed by atoms with E-state index in [4.69, 9.17) is 9.94 Å². The van der Waals surface area contributed by atoms with Crippen LogP contribution in [0.15, 0.2) is 5.16 Å². The van der Waals surface area contributed by atoms with Crippen molar-refractivity contribution < 1.29 is 9.94 Å². The first kappa shape index (κ1) is 8.49. The number of rotatable bonds is 3. The van der Waals surface area contributed by atoms with E-state index < -0.39 is 0 Å². The topological polar surface area (TPSA) is 45.1 Å². The second-order valence-corrected chi connectivity index (χ2v) is 2.54. The highest BCUT2D eigenvalue weighted by molar-refractivity contribution is 5.56. The quantitative estimate of drug-likeness (QED) is 0.362. The monoisotopic (exact) mass is 158 g/mol. The van der Waals surface area contributed by atoms with Gasteiger partial charge in [-0.1, -0.05) is 0 Å². The van der Waals surface area contributed by atoms with Crippen LogP contribution in [0.2, 0.25) is 0 Å². The lowest BCUT2D eigenvalue weighted by Gasteiger charge is -2.25. The van der Waals surface area contributed by atoms with E-state index in [9.17, 15) is 0 Å². The standard InChI is InChI=1S/C7H14N2O2/c10-8-2-1-3-9-4-6-11-7-5-9/h2,10H,1,3-7H2/b8-2+. The molecule has 0 atom stereocenters. The summed E-state index contributed by atoms with van der Waals surface area (Å²) in [5.41, 5.74) is 0. The third-order valence-electron chi connectivity index (χ3n) is 1.76. The molecule has 1 heterocycles. The van der Waals surface area contributed by atoms with Crippen LogP contribution in [0.5, 0.6) is 0 Å². The zero-order chi connectivity index (χ0) is 7.94. The van der Waals surface area contributed by atoms with Crippen LogP contribution in [0.3, 0.4) is 0 Å². The molecular weight excluding hydrogens is 144 g/mol. The predicted octanol–water partition coefficient (Wildman–Crippen LogP) is 0.169. The van der Waals surface area contributed by atoms with Crippen LogP contribution >= 0.6 is 0 Å². The van der Waals surface area contributed by atoms with E-state index >= 15 is 0 Å². The van der Waals surface area contributed by atoms with Crippen molar-refractivity contribution in [1.82, 2.24) is 4.90 Å². The summed E-state index contributed by atoms with van der Waals surface area (Å²) in [6.45, 7) is 4.62. The minimum atomic E-state index is 0.816. The molecule has 4 heteroatoms. The molecule has 1 N–H and O–H groups in total. The second kappa shape index (κ2) is 5.09. The van der Waals surface area contributed by atoms with Gasteiger partial charge in [0.2, 0.25) is 0 Å². The number of ether oxygens (including phenoxy) is 1. The van der Waals surface area contributed by atoms with Crippen molar-refractivity contribution in [3.8, 4) is 0 Å². The molecule has 1 fully saturated rings. The van der Waals surface area contributed by atoms with Gasteiger partial charge in [-0.3, -0.25) is 4.90 Å². The highest BCUT2D eigenvalue weighted by Gasteiger charge is 2.08. The van der Waals surface area contributed by atoms with Crippen molar-refractivity contribution in [2.24, 2.45) is 5.16 Å². The molecule has 11 heavy (non-hydrogen) atoms. The van der Waals surface area contributed by atoms with E-state index in [-0.39, 0.29) is 0 Å². The van der Waals surface area contributed by atoms with E-state index in [2.05, 4.69) is 10.1 Å². The maximum absolute atomic E-state index is 8.12. The molecule has 0 amide bonds. The number of nitrogens with zero attached hydrogens (tertiary/aromatic N) is 2. The molecule has 1 saturated heterocycles. The number of hydrogen-bond acceptors (Lipinski definition) is 4. The maximum atomic E-state index is 8.12. The molecule has 0 spiro atoms. The fraction of sp³-hybridized carbons (Fsp3) is 0.857. The zero-order valence-corrected chi connectivity index (χ0v) is 6.57. The van der Waals surface area contributed by atoms with Gasteiger partial charge in [0.15, 0.2) is 0 Å². The predicted molar refractivity (Wildman–Crippen MR) is 42.2 cm³/mol. The first-order chi connectivity index (χ1) is 5.43. The van der Waals surface area contributed by atoms with Gasteiger partial charge in [0.25, 0.3) is 0 Å². The third kappa shape index (κ3) is 3.34. The Bertz CT molecular complexity index is 122. The second-order valence-electron chi connectivity index (χ2n) is 2.54. The fourth-order valence-electron chi connectivity index (χ4n) is 1.12. The molecule has 0 aromatic rings. The first-order valence-corrected chi connectivity index (χ1v) is 3.89. The molecule has 0 aromatic heterocycles. The Balaban J connectivity index is 2.04. The molecule has 0 radical (unpaired) electrons. The van der Waals surface area contributed by atoms with E-state index in [1.54, 1.807) is 0 Å².